The maximum absolute atomic E-state index is 4.28. The van der Waals surface area contributed by atoms with Crippen molar-refractivity contribution in [3.8, 4) is 5.69 Å². The minimum absolute atomic E-state index is 0.262. The van der Waals surface area contributed by atoms with Gasteiger partial charge in [0.05, 0.1) is 28.6 Å². The number of aryl methyl sites for hydroxylation is 2. The number of halogens is 1. The summed E-state index contributed by atoms with van der Waals surface area (Å²) in [6.07, 6.45) is 4.86. The number of alkyl halides is 1. The van der Waals surface area contributed by atoms with Crippen molar-refractivity contribution in [2.75, 3.05) is 0 Å². The minimum Gasteiger partial charge on any atom is -0.273 e. The van der Waals surface area contributed by atoms with Gasteiger partial charge in [-0.3, -0.25) is 4.68 Å². The van der Waals surface area contributed by atoms with Gasteiger partial charge >= 0.3 is 0 Å². The van der Waals surface area contributed by atoms with Crippen LogP contribution in [-0.4, -0.2) is 24.8 Å². The van der Waals surface area contributed by atoms with Crippen LogP contribution in [0.5, 0.6) is 0 Å². The molecule has 0 radical (unpaired) electrons. The van der Waals surface area contributed by atoms with Crippen LogP contribution < -0.4 is 0 Å². The molecule has 2 aromatic rings. The van der Waals surface area contributed by atoms with Crippen molar-refractivity contribution in [2.24, 2.45) is 7.05 Å². The summed E-state index contributed by atoms with van der Waals surface area (Å²) >= 11 is 3.56. The Morgan fingerprint density at radius 1 is 1.44 bits per heavy atom. The summed E-state index contributed by atoms with van der Waals surface area (Å²) in [7, 11) is 1.90. The van der Waals surface area contributed by atoms with E-state index in [4.69, 9.17) is 0 Å². The molecular weight excluding hydrogens is 270 g/mol. The second kappa shape index (κ2) is 4.37. The summed E-state index contributed by atoms with van der Waals surface area (Å²) in [5.41, 5.74) is 2.87. The second-order valence-corrected chi connectivity index (χ2v) is 4.84. The first-order valence-corrected chi connectivity index (χ1v) is 6.10. The van der Waals surface area contributed by atoms with E-state index in [9.17, 15) is 0 Å². The largest absolute Gasteiger partial charge is 0.273 e. The van der Waals surface area contributed by atoms with Crippen molar-refractivity contribution in [2.45, 2.75) is 25.1 Å². The van der Waals surface area contributed by atoms with E-state index in [-0.39, 0.29) is 4.83 Å². The Labute approximate surface area is 103 Å². The first-order valence-electron chi connectivity index (χ1n) is 5.18. The molecule has 1 atom stereocenters. The topological polar surface area (TPSA) is 48.5 Å². The maximum Gasteiger partial charge on any atom is 0.107 e. The highest BCUT2D eigenvalue weighted by Gasteiger charge is 2.12. The molecule has 0 saturated heterocycles. The molecule has 0 amide bonds. The fraction of sp³-hybridized carbons (Fsp3) is 0.500. The second-order valence-electron chi connectivity index (χ2n) is 3.74. The van der Waals surface area contributed by atoms with Gasteiger partial charge < -0.3 is 0 Å². The number of rotatable bonds is 3. The molecule has 6 heteroatoms. The van der Waals surface area contributed by atoms with Crippen molar-refractivity contribution in [1.29, 1.82) is 0 Å². The third-order valence-electron chi connectivity index (χ3n) is 2.42. The van der Waals surface area contributed by atoms with Crippen LogP contribution in [-0.2, 0) is 7.05 Å². The predicted molar refractivity (Wildman–Crippen MR) is 64.8 cm³/mol. The van der Waals surface area contributed by atoms with Crippen molar-refractivity contribution < 1.29 is 0 Å². The molecule has 2 heterocycles. The molecule has 1 unspecified atom stereocenters. The Balaban J connectivity index is 2.35. The fourth-order valence-electron chi connectivity index (χ4n) is 1.56. The van der Waals surface area contributed by atoms with Gasteiger partial charge in [0.2, 0.25) is 0 Å². The summed E-state index contributed by atoms with van der Waals surface area (Å²) in [5.74, 6) is 0. The van der Waals surface area contributed by atoms with Gasteiger partial charge in [-0.15, -0.1) is 5.10 Å². The van der Waals surface area contributed by atoms with E-state index >= 15 is 0 Å². The van der Waals surface area contributed by atoms with Crippen molar-refractivity contribution in [1.82, 2.24) is 24.8 Å². The highest BCUT2D eigenvalue weighted by atomic mass is 79.9. The zero-order chi connectivity index (χ0) is 11.7. The van der Waals surface area contributed by atoms with Crippen LogP contribution in [0.2, 0.25) is 0 Å². The van der Waals surface area contributed by atoms with Crippen molar-refractivity contribution in [3.05, 3.63) is 23.8 Å². The Kier molecular flexibility index (Phi) is 3.09. The quantitative estimate of drug-likeness (QED) is 0.811. The zero-order valence-corrected chi connectivity index (χ0v) is 11.1. The van der Waals surface area contributed by atoms with E-state index in [1.54, 1.807) is 9.36 Å². The van der Waals surface area contributed by atoms with Crippen LogP contribution in [0.3, 0.4) is 0 Å². The standard InChI is InChI=1S/C10H14BrN5/c1-4-8(11)9-5-16(14-12-9)10-6-15(3)13-7(10)2/h5-6,8H,4H2,1-3H3. The van der Waals surface area contributed by atoms with E-state index in [0.29, 0.717) is 0 Å². The monoisotopic (exact) mass is 283 g/mol. The lowest BCUT2D eigenvalue weighted by Gasteiger charge is -1.99. The first-order chi connectivity index (χ1) is 7.61. The maximum atomic E-state index is 4.28. The third-order valence-corrected chi connectivity index (χ3v) is 3.54. The molecule has 5 nitrogen and oxygen atoms in total. The predicted octanol–water partition coefficient (Wildman–Crippen LogP) is 2.16. The van der Waals surface area contributed by atoms with Crippen molar-refractivity contribution >= 4 is 15.9 Å². The lowest BCUT2D eigenvalue weighted by atomic mass is 10.3. The molecule has 2 aromatic heterocycles. The van der Waals surface area contributed by atoms with Gasteiger partial charge in [0.1, 0.15) is 5.69 Å². The van der Waals surface area contributed by atoms with E-state index in [1.807, 2.05) is 26.4 Å². The minimum atomic E-state index is 0.262. The molecular formula is C10H14BrN5. The van der Waals surface area contributed by atoms with E-state index in [1.165, 1.54) is 0 Å². The summed E-state index contributed by atoms with van der Waals surface area (Å²) in [6, 6.07) is 0. The summed E-state index contributed by atoms with van der Waals surface area (Å²) in [4.78, 5) is 0.262. The average molecular weight is 284 g/mol. The Hall–Kier alpha value is -1.17. The Morgan fingerprint density at radius 2 is 2.19 bits per heavy atom. The van der Waals surface area contributed by atoms with Crippen LogP contribution in [0.25, 0.3) is 5.69 Å². The van der Waals surface area contributed by atoms with Crippen LogP contribution in [0.1, 0.15) is 29.6 Å². The van der Waals surface area contributed by atoms with Gasteiger partial charge in [-0.1, -0.05) is 28.1 Å². The third kappa shape index (κ3) is 2.02. The molecule has 0 aliphatic rings. The van der Waals surface area contributed by atoms with Gasteiger partial charge in [0, 0.05) is 7.05 Å². The van der Waals surface area contributed by atoms with Gasteiger partial charge in [-0.25, -0.2) is 4.68 Å². The van der Waals surface area contributed by atoms with Gasteiger partial charge in [-0.05, 0) is 13.3 Å². The first kappa shape index (κ1) is 11.3. The van der Waals surface area contributed by atoms with Crippen LogP contribution in [0, 0.1) is 6.92 Å². The molecule has 0 aromatic carbocycles. The fourth-order valence-corrected chi connectivity index (χ4v) is 1.77. The van der Waals surface area contributed by atoms with E-state index < -0.39 is 0 Å². The molecule has 2 rings (SSSR count). The number of hydrogen-bond acceptors (Lipinski definition) is 3. The molecule has 0 saturated carbocycles. The van der Waals surface area contributed by atoms with Crippen LogP contribution in [0.4, 0.5) is 0 Å². The molecule has 0 N–H and O–H groups in total. The molecule has 0 aliphatic heterocycles. The lowest BCUT2D eigenvalue weighted by molar-refractivity contribution is 0.755. The number of aromatic nitrogens is 5. The van der Waals surface area contributed by atoms with E-state index in [2.05, 4.69) is 38.3 Å². The normalized spacial score (nSPS) is 13.0. The molecule has 0 spiro atoms. The summed E-state index contributed by atoms with van der Waals surface area (Å²) in [6.45, 7) is 4.07. The van der Waals surface area contributed by atoms with Crippen molar-refractivity contribution in [3.63, 3.8) is 0 Å². The summed E-state index contributed by atoms with van der Waals surface area (Å²) in [5, 5.41) is 12.5. The van der Waals surface area contributed by atoms with Gasteiger partial charge in [-0.2, -0.15) is 5.10 Å². The SMILES string of the molecule is CCC(Br)c1cn(-c2cn(C)nc2C)nn1. The smallest absolute Gasteiger partial charge is 0.107 e. The lowest BCUT2D eigenvalue weighted by Crippen LogP contribution is -1.95. The molecule has 0 aliphatic carbocycles. The van der Waals surface area contributed by atoms with Gasteiger partial charge in [0.15, 0.2) is 0 Å². The zero-order valence-electron chi connectivity index (χ0n) is 9.55. The summed E-state index contributed by atoms with van der Waals surface area (Å²) < 4.78 is 3.54. The van der Waals surface area contributed by atoms with E-state index in [0.717, 1.165) is 23.5 Å². The Morgan fingerprint density at radius 3 is 2.75 bits per heavy atom. The highest BCUT2D eigenvalue weighted by molar-refractivity contribution is 9.09. The number of nitrogens with zero attached hydrogens (tertiary/aromatic N) is 5. The average Bonchev–Trinajstić information content (AvgIpc) is 2.83. The molecule has 0 bridgehead atoms. The van der Waals surface area contributed by atoms with Crippen LogP contribution in [0.15, 0.2) is 12.4 Å². The molecule has 86 valence electrons. The molecule has 16 heavy (non-hydrogen) atoms. The van der Waals surface area contributed by atoms with Crippen LogP contribution >= 0.6 is 15.9 Å². The van der Waals surface area contributed by atoms with Gasteiger partial charge in [0.25, 0.3) is 0 Å². The Bertz CT molecular complexity index is 487. The molecule has 0 fully saturated rings. The number of hydrogen-bond donors (Lipinski definition) is 0. The highest BCUT2D eigenvalue weighted by Crippen LogP contribution is 2.24.